The summed E-state index contributed by atoms with van der Waals surface area (Å²) in [6, 6.07) is 8.56. The Balaban J connectivity index is 1.65. The molecule has 1 atom stereocenters. The molecule has 126 valence electrons. The molecule has 0 aromatic heterocycles. The van der Waals surface area contributed by atoms with Gasteiger partial charge in [0.05, 0.1) is 12.1 Å². The summed E-state index contributed by atoms with van der Waals surface area (Å²) in [4.78, 5) is 14.3. The molecule has 0 spiro atoms. The van der Waals surface area contributed by atoms with Crippen LogP contribution in [-0.2, 0) is 5.41 Å². The van der Waals surface area contributed by atoms with Crippen molar-refractivity contribution in [1.29, 1.82) is 0 Å². The zero-order chi connectivity index (χ0) is 16.6. The van der Waals surface area contributed by atoms with Gasteiger partial charge in [0.15, 0.2) is 0 Å². The number of aliphatic hydroxyl groups is 1. The van der Waals surface area contributed by atoms with Gasteiger partial charge in [-0.05, 0) is 48.1 Å². The lowest BCUT2D eigenvalue weighted by Crippen LogP contribution is -2.45. The molecule has 1 fully saturated rings. The van der Waals surface area contributed by atoms with Gasteiger partial charge in [0, 0.05) is 13.6 Å². The third-order valence-corrected chi connectivity index (χ3v) is 5.51. The standard InChI is InChI=1S/C19H28N2O2/c1-19(2)9-8-17(15-6-4-5-7-16(15)19)20-18(23)21(3)12-13-10-14(22)11-13/h4-7,13-14,17,22H,8-12H2,1-3H3,(H,20,23)/t13?,14?,17-/m1/s1. The van der Waals surface area contributed by atoms with Crippen LogP contribution < -0.4 is 5.32 Å². The minimum Gasteiger partial charge on any atom is -0.393 e. The van der Waals surface area contributed by atoms with Crippen molar-refractivity contribution in [3.05, 3.63) is 35.4 Å². The van der Waals surface area contributed by atoms with Crippen molar-refractivity contribution in [2.75, 3.05) is 13.6 Å². The number of hydrogen-bond acceptors (Lipinski definition) is 2. The van der Waals surface area contributed by atoms with Crippen molar-refractivity contribution in [3.8, 4) is 0 Å². The average molecular weight is 316 g/mol. The summed E-state index contributed by atoms with van der Waals surface area (Å²) in [6.45, 7) is 5.28. The van der Waals surface area contributed by atoms with Crippen LogP contribution in [0.3, 0.4) is 0 Å². The van der Waals surface area contributed by atoms with E-state index < -0.39 is 0 Å². The minimum absolute atomic E-state index is 0.00843. The molecule has 2 aliphatic carbocycles. The second-order valence-corrected chi connectivity index (χ2v) is 7.88. The van der Waals surface area contributed by atoms with E-state index in [4.69, 9.17) is 0 Å². The van der Waals surface area contributed by atoms with E-state index in [1.165, 1.54) is 11.1 Å². The Labute approximate surface area is 138 Å². The summed E-state index contributed by atoms with van der Waals surface area (Å²) in [5.41, 5.74) is 2.78. The van der Waals surface area contributed by atoms with Gasteiger partial charge in [0.1, 0.15) is 0 Å². The van der Waals surface area contributed by atoms with Crippen LogP contribution >= 0.6 is 0 Å². The van der Waals surface area contributed by atoms with Crippen molar-refractivity contribution >= 4 is 6.03 Å². The highest BCUT2D eigenvalue weighted by Crippen LogP contribution is 2.41. The molecule has 1 aromatic rings. The Bertz CT molecular complexity index is 578. The monoisotopic (exact) mass is 316 g/mol. The average Bonchev–Trinajstić information content (AvgIpc) is 2.48. The minimum atomic E-state index is -0.163. The Morgan fingerprint density at radius 2 is 2.04 bits per heavy atom. The molecule has 3 rings (SSSR count). The van der Waals surface area contributed by atoms with Crippen LogP contribution in [0.15, 0.2) is 24.3 Å². The zero-order valence-electron chi connectivity index (χ0n) is 14.4. The first-order chi connectivity index (χ1) is 10.9. The molecule has 1 aromatic carbocycles. The highest BCUT2D eigenvalue weighted by atomic mass is 16.3. The predicted molar refractivity (Wildman–Crippen MR) is 91.3 cm³/mol. The molecule has 0 radical (unpaired) electrons. The van der Waals surface area contributed by atoms with E-state index in [1.807, 2.05) is 7.05 Å². The van der Waals surface area contributed by atoms with E-state index in [2.05, 4.69) is 43.4 Å². The summed E-state index contributed by atoms with van der Waals surface area (Å²) in [5, 5.41) is 12.6. The van der Waals surface area contributed by atoms with Crippen LogP contribution in [0.25, 0.3) is 0 Å². The number of fused-ring (bicyclic) bond motifs is 1. The quantitative estimate of drug-likeness (QED) is 0.899. The van der Waals surface area contributed by atoms with E-state index in [-0.39, 0.29) is 23.6 Å². The van der Waals surface area contributed by atoms with Crippen LogP contribution in [0.4, 0.5) is 4.79 Å². The maximum atomic E-state index is 12.5. The first-order valence-corrected chi connectivity index (χ1v) is 8.66. The lowest BCUT2D eigenvalue weighted by Gasteiger charge is -2.38. The maximum Gasteiger partial charge on any atom is 0.317 e. The zero-order valence-corrected chi connectivity index (χ0v) is 14.4. The fraction of sp³-hybridized carbons (Fsp3) is 0.632. The van der Waals surface area contributed by atoms with E-state index in [0.29, 0.717) is 5.92 Å². The molecule has 4 nitrogen and oxygen atoms in total. The summed E-state index contributed by atoms with van der Waals surface area (Å²) < 4.78 is 0. The van der Waals surface area contributed by atoms with E-state index >= 15 is 0 Å². The van der Waals surface area contributed by atoms with Crippen LogP contribution in [-0.4, -0.2) is 35.7 Å². The molecule has 1 saturated carbocycles. The van der Waals surface area contributed by atoms with Gasteiger partial charge in [0.25, 0.3) is 0 Å². The van der Waals surface area contributed by atoms with Gasteiger partial charge >= 0.3 is 6.03 Å². The van der Waals surface area contributed by atoms with Gasteiger partial charge in [0.2, 0.25) is 0 Å². The fourth-order valence-electron chi connectivity index (χ4n) is 3.94. The van der Waals surface area contributed by atoms with Crippen LogP contribution in [0, 0.1) is 5.92 Å². The van der Waals surface area contributed by atoms with Crippen LogP contribution in [0.2, 0.25) is 0 Å². The first-order valence-electron chi connectivity index (χ1n) is 8.66. The second-order valence-electron chi connectivity index (χ2n) is 7.88. The summed E-state index contributed by atoms with van der Waals surface area (Å²) in [5.74, 6) is 0.443. The normalized spacial score (nSPS) is 28.4. The molecule has 2 aliphatic rings. The van der Waals surface area contributed by atoms with Crippen molar-refractivity contribution < 1.29 is 9.90 Å². The highest BCUT2D eigenvalue weighted by Gasteiger charge is 2.34. The molecule has 0 aliphatic heterocycles. The smallest absolute Gasteiger partial charge is 0.317 e. The van der Waals surface area contributed by atoms with Gasteiger partial charge in [-0.1, -0.05) is 38.1 Å². The number of urea groups is 1. The molecule has 0 heterocycles. The number of hydrogen-bond donors (Lipinski definition) is 2. The lowest BCUT2D eigenvalue weighted by molar-refractivity contribution is 0.0323. The largest absolute Gasteiger partial charge is 0.393 e. The highest BCUT2D eigenvalue weighted by molar-refractivity contribution is 5.74. The van der Waals surface area contributed by atoms with Crippen molar-refractivity contribution in [3.63, 3.8) is 0 Å². The Morgan fingerprint density at radius 1 is 1.35 bits per heavy atom. The third kappa shape index (κ3) is 3.37. The Morgan fingerprint density at radius 3 is 2.74 bits per heavy atom. The van der Waals surface area contributed by atoms with Gasteiger partial charge in [-0.2, -0.15) is 0 Å². The first kappa shape index (κ1) is 16.3. The van der Waals surface area contributed by atoms with Crippen LogP contribution in [0.1, 0.15) is 56.7 Å². The molecule has 0 saturated heterocycles. The number of aliphatic hydroxyl groups excluding tert-OH is 1. The molecular weight excluding hydrogens is 288 g/mol. The molecule has 4 heteroatoms. The van der Waals surface area contributed by atoms with Crippen molar-refractivity contribution in [2.24, 2.45) is 5.92 Å². The number of nitrogens with zero attached hydrogens (tertiary/aromatic N) is 1. The summed E-state index contributed by atoms with van der Waals surface area (Å²) in [6.07, 6.45) is 3.53. The van der Waals surface area contributed by atoms with Gasteiger partial charge in [-0.3, -0.25) is 0 Å². The lowest BCUT2D eigenvalue weighted by atomic mass is 9.71. The third-order valence-electron chi connectivity index (χ3n) is 5.51. The molecule has 2 N–H and O–H groups in total. The molecule has 0 bridgehead atoms. The van der Waals surface area contributed by atoms with Gasteiger partial charge < -0.3 is 15.3 Å². The Kier molecular flexibility index (Phi) is 4.37. The maximum absolute atomic E-state index is 12.5. The molecule has 23 heavy (non-hydrogen) atoms. The van der Waals surface area contributed by atoms with Gasteiger partial charge in [-0.15, -0.1) is 0 Å². The Hall–Kier alpha value is -1.55. The molecular formula is C19H28N2O2. The topological polar surface area (TPSA) is 52.6 Å². The summed E-state index contributed by atoms with van der Waals surface area (Å²) >= 11 is 0. The predicted octanol–water partition coefficient (Wildman–Crippen LogP) is 3.21. The molecule has 0 unspecified atom stereocenters. The number of carbonyl (C=O) groups excluding carboxylic acids is 1. The number of benzene rings is 1. The second kappa shape index (κ2) is 6.16. The van der Waals surface area contributed by atoms with Crippen molar-refractivity contribution in [1.82, 2.24) is 10.2 Å². The number of nitrogens with one attached hydrogen (secondary N) is 1. The summed E-state index contributed by atoms with van der Waals surface area (Å²) in [7, 11) is 1.85. The van der Waals surface area contributed by atoms with Crippen LogP contribution in [0.5, 0.6) is 0 Å². The van der Waals surface area contributed by atoms with Crippen molar-refractivity contribution in [2.45, 2.75) is 57.1 Å². The molecule has 2 amide bonds. The number of rotatable bonds is 3. The van der Waals surface area contributed by atoms with E-state index in [9.17, 15) is 9.90 Å². The van der Waals surface area contributed by atoms with E-state index in [1.54, 1.807) is 4.90 Å². The fourth-order valence-corrected chi connectivity index (χ4v) is 3.94. The number of carbonyl (C=O) groups is 1. The SMILES string of the molecule is CN(CC1CC(O)C1)C(=O)N[C@@H]1CCC(C)(C)c2ccccc21. The van der Waals surface area contributed by atoms with E-state index in [0.717, 1.165) is 32.2 Å². The number of amides is 2. The van der Waals surface area contributed by atoms with Gasteiger partial charge in [-0.25, -0.2) is 4.79 Å².